The minimum atomic E-state index is -0.683. The van der Waals surface area contributed by atoms with Gasteiger partial charge in [0.05, 0.1) is 17.4 Å². The van der Waals surface area contributed by atoms with E-state index in [1.807, 2.05) is 6.92 Å². The molecule has 1 amide bonds. The summed E-state index contributed by atoms with van der Waals surface area (Å²) in [6, 6.07) is 0.00433. The van der Waals surface area contributed by atoms with E-state index in [1.165, 1.54) is 4.90 Å². The lowest BCUT2D eigenvalue weighted by atomic mass is 9.85. The zero-order valence-electron chi connectivity index (χ0n) is 13.2. The normalized spacial score (nSPS) is 24.0. The molecule has 0 radical (unpaired) electrons. The lowest BCUT2D eigenvalue weighted by molar-refractivity contribution is -0.174. The third-order valence-corrected chi connectivity index (χ3v) is 4.29. The molecule has 22 heavy (non-hydrogen) atoms. The second kappa shape index (κ2) is 5.95. The van der Waals surface area contributed by atoms with E-state index < -0.39 is 24.1 Å². The summed E-state index contributed by atoms with van der Waals surface area (Å²) in [7, 11) is 0. The average Bonchev–Trinajstić information content (AvgIpc) is 2.71. The summed E-state index contributed by atoms with van der Waals surface area (Å²) in [6.07, 6.45) is 1.31. The summed E-state index contributed by atoms with van der Waals surface area (Å²) < 4.78 is 9.84. The number of hydrogen-bond acceptors (Lipinski definition) is 6. The van der Waals surface area contributed by atoms with Crippen LogP contribution in [0.15, 0.2) is 10.6 Å². The highest BCUT2D eigenvalue weighted by molar-refractivity contribution is 7.84. The van der Waals surface area contributed by atoms with Crippen molar-refractivity contribution in [1.29, 1.82) is 0 Å². The number of carbonyl (C=O) groups is 3. The van der Waals surface area contributed by atoms with Gasteiger partial charge in [0.15, 0.2) is 0 Å². The maximum Gasteiger partial charge on any atom is 0.358 e. The molecular formula is C15H21NO5S. The van der Waals surface area contributed by atoms with Crippen molar-refractivity contribution in [3.8, 4) is 0 Å². The Labute approximate surface area is 135 Å². The Morgan fingerprint density at radius 2 is 1.95 bits per heavy atom. The van der Waals surface area contributed by atoms with Crippen LogP contribution in [0, 0.1) is 11.3 Å². The third kappa shape index (κ3) is 2.86. The van der Waals surface area contributed by atoms with Crippen LogP contribution in [0.2, 0.25) is 0 Å². The van der Waals surface area contributed by atoms with Crippen molar-refractivity contribution in [3.05, 3.63) is 10.6 Å². The fourth-order valence-corrected chi connectivity index (χ4v) is 3.02. The molecule has 7 heteroatoms. The molecule has 2 atom stereocenters. The summed E-state index contributed by atoms with van der Waals surface area (Å²) in [5, 5.41) is 0. The molecule has 2 aliphatic heterocycles. The SMILES string of the molecule is CCC1C(=O)N2C(C(=O)OCOC(=O)C(C)(C)C)=C(S)CC12. The Morgan fingerprint density at radius 3 is 2.50 bits per heavy atom. The smallest absolute Gasteiger partial charge is 0.358 e. The molecule has 0 aromatic heterocycles. The van der Waals surface area contributed by atoms with Crippen LogP contribution in [-0.4, -0.2) is 35.6 Å². The summed E-state index contributed by atoms with van der Waals surface area (Å²) in [6.45, 7) is 6.59. The molecule has 0 bridgehead atoms. The van der Waals surface area contributed by atoms with Crippen LogP contribution < -0.4 is 0 Å². The molecule has 0 aromatic carbocycles. The second-order valence-corrected chi connectivity index (χ2v) is 7.06. The quantitative estimate of drug-likeness (QED) is 0.369. The van der Waals surface area contributed by atoms with Crippen LogP contribution in [0.4, 0.5) is 0 Å². The van der Waals surface area contributed by atoms with E-state index in [9.17, 15) is 14.4 Å². The zero-order valence-corrected chi connectivity index (χ0v) is 14.1. The van der Waals surface area contributed by atoms with Gasteiger partial charge >= 0.3 is 11.9 Å². The molecule has 1 fully saturated rings. The number of β-lactam (4-membered cyclic amide) rings is 1. The van der Waals surface area contributed by atoms with Crippen LogP contribution in [-0.2, 0) is 23.9 Å². The zero-order chi connectivity index (χ0) is 16.7. The Bertz CT molecular complexity index is 549. The standard InChI is InChI=1S/C15H21NO5S/c1-5-8-9-6-10(22)11(16(9)12(8)17)13(18)20-7-21-14(19)15(2,3)4/h8-9,22H,5-7H2,1-4H3. The van der Waals surface area contributed by atoms with Crippen LogP contribution in [0.25, 0.3) is 0 Å². The number of carbonyl (C=O) groups excluding carboxylic acids is 3. The summed E-state index contributed by atoms with van der Waals surface area (Å²) in [5.41, 5.74) is -0.490. The van der Waals surface area contributed by atoms with E-state index in [1.54, 1.807) is 20.8 Å². The topological polar surface area (TPSA) is 72.9 Å². The maximum absolute atomic E-state index is 12.1. The predicted octanol–water partition coefficient (Wildman–Crippen LogP) is 1.86. The number of nitrogens with zero attached hydrogens (tertiary/aromatic N) is 1. The summed E-state index contributed by atoms with van der Waals surface area (Å²) in [4.78, 5) is 37.7. The van der Waals surface area contributed by atoms with E-state index in [0.717, 1.165) is 6.42 Å². The Balaban J connectivity index is 1.92. The Kier molecular flexibility index (Phi) is 4.56. The first kappa shape index (κ1) is 16.9. The molecule has 0 N–H and O–H groups in total. The first-order valence-electron chi connectivity index (χ1n) is 7.28. The van der Waals surface area contributed by atoms with Crippen molar-refractivity contribution >= 4 is 30.5 Å². The number of thiol groups is 1. The van der Waals surface area contributed by atoms with E-state index in [2.05, 4.69) is 12.6 Å². The van der Waals surface area contributed by atoms with Gasteiger partial charge in [-0.05, 0) is 27.2 Å². The molecule has 6 nitrogen and oxygen atoms in total. The van der Waals surface area contributed by atoms with Gasteiger partial charge in [-0.3, -0.25) is 9.59 Å². The van der Waals surface area contributed by atoms with E-state index in [0.29, 0.717) is 11.3 Å². The van der Waals surface area contributed by atoms with Gasteiger partial charge in [-0.15, -0.1) is 12.6 Å². The minimum absolute atomic E-state index is 0.00433. The number of amides is 1. The molecular weight excluding hydrogens is 306 g/mol. The van der Waals surface area contributed by atoms with Gasteiger partial charge in [0.25, 0.3) is 0 Å². The van der Waals surface area contributed by atoms with Gasteiger partial charge in [-0.1, -0.05) is 6.92 Å². The predicted molar refractivity (Wildman–Crippen MR) is 81.6 cm³/mol. The van der Waals surface area contributed by atoms with Crippen molar-refractivity contribution in [2.24, 2.45) is 11.3 Å². The van der Waals surface area contributed by atoms with Crippen molar-refractivity contribution in [2.75, 3.05) is 6.79 Å². The molecule has 2 heterocycles. The summed E-state index contributed by atoms with van der Waals surface area (Å²) in [5.74, 6) is -1.27. The van der Waals surface area contributed by atoms with Gasteiger partial charge in [0.1, 0.15) is 5.70 Å². The van der Waals surface area contributed by atoms with Crippen molar-refractivity contribution in [3.63, 3.8) is 0 Å². The summed E-state index contributed by atoms with van der Waals surface area (Å²) >= 11 is 4.29. The van der Waals surface area contributed by atoms with Crippen molar-refractivity contribution < 1.29 is 23.9 Å². The highest BCUT2D eigenvalue weighted by Gasteiger charge is 2.53. The van der Waals surface area contributed by atoms with Gasteiger partial charge in [-0.25, -0.2) is 4.79 Å². The molecule has 0 aromatic rings. The molecule has 2 rings (SSSR count). The van der Waals surface area contributed by atoms with Gasteiger partial charge < -0.3 is 14.4 Å². The first-order chi connectivity index (χ1) is 10.2. The molecule has 0 spiro atoms. The largest absolute Gasteiger partial charge is 0.427 e. The highest BCUT2D eigenvalue weighted by Crippen LogP contribution is 2.44. The molecule has 122 valence electrons. The van der Waals surface area contributed by atoms with Crippen LogP contribution in [0.3, 0.4) is 0 Å². The van der Waals surface area contributed by atoms with E-state index in [-0.39, 0.29) is 23.6 Å². The highest BCUT2D eigenvalue weighted by atomic mass is 32.1. The molecule has 2 unspecified atom stereocenters. The van der Waals surface area contributed by atoms with Crippen molar-refractivity contribution in [2.45, 2.75) is 46.6 Å². The number of rotatable bonds is 4. The molecule has 0 saturated carbocycles. The second-order valence-electron chi connectivity index (χ2n) is 6.52. The molecule has 1 saturated heterocycles. The third-order valence-electron chi connectivity index (χ3n) is 3.89. The van der Waals surface area contributed by atoms with E-state index >= 15 is 0 Å². The van der Waals surface area contributed by atoms with Crippen LogP contribution >= 0.6 is 12.6 Å². The molecule has 0 aliphatic carbocycles. The number of hydrogen-bond donors (Lipinski definition) is 1. The first-order valence-corrected chi connectivity index (χ1v) is 7.72. The average molecular weight is 327 g/mol. The fourth-order valence-electron chi connectivity index (χ4n) is 2.63. The van der Waals surface area contributed by atoms with Crippen LogP contribution in [0.1, 0.15) is 40.5 Å². The number of fused-ring (bicyclic) bond motifs is 1. The van der Waals surface area contributed by atoms with Gasteiger partial charge in [0, 0.05) is 11.3 Å². The Morgan fingerprint density at radius 1 is 1.32 bits per heavy atom. The molecule has 2 aliphatic rings. The Hall–Kier alpha value is -1.50. The van der Waals surface area contributed by atoms with Crippen molar-refractivity contribution in [1.82, 2.24) is 4.90 Å². The lowest BCUT2D eigenvalue weighted by Gasteiger charge is -2.43. The number of ether oxygens (including phenoxy) is 2. The van der Waals surface area contributed by atoms with Crippen LogP contribution in [0.5, 0.6) is 0 Å². The lowest BCUT2D eigenvalue weighted by Crippen LogP contribution is -2.58. The number of esters is 2. The van der Waals surface area contributed by atoms with Gasteiger partial charge in [0.2, 0.25) is 12.7 Å². The maximum atomic E-state index is 12.1. The minimum Gasteiger partial charge on any atom is -0.427 e. The van der Waals surface area contributed by atoms with Gasteiger partial charge in [-0.2, -0.15) is 0 Å². The van der Waals surface area contributed by atoms with E-state index in [4.69, 9.17) is 9.47 Å². The monoisotopic (exact) mass is 327 g/mol. The fraction of sp³-hybridized carbons (Fsp3) is 0.667.